The molecule has 0 spiro atoms. The van der Waals surface area contributed by atoms with Crippen LogP contribution in [-0.4, -0.2) is 25.5 Å². The highest BCUT2D eigenvalue weighted by Crippen LogP contribution is 2.16. The number of unbranched alkanes of at least 4 members (excludes halogenated alkanes) is 3. The van der Waals surface area contributed by atoms with E-state index in [0.29, 0.717) is 25.0 Å². The Morgan fingerprint density at radius 2 is 1.64 bits per heavy atom. The Morgan fingerprint density at radius 3 is 2.29 bits per heavy atom. The van der Waals surface area contributed by atoms with E-state index in [1.807, 2.05) is 36.4 Å². The standard InChI is InChI=1S/C23H30N2O3/c1-3-4-5-6-17-28-21-14-10-19(11-15-21)23(27)25-20-12-7-18(8-13-20)9-16-22(26)24-2/h7-8,10-15H,3-6,9,16-17H2,1-2H3,(H,24,26)(H,25,27). The quantitative estimate of drug-likeness (QED) is 0.559. The molecule has 0 atom stereocenters. The van der Waals surface area contributed by atoms with E-state index in [-0.39, 0.29) is 11.8 Å². The minimum atomic E-state index is -0.160. The summed E-state index contributed by atoms with van der Waals surface area (Å²) < 4.78 is 5.71. The molecule has 5 heteroatoms. The number of carbonyl (C=O) groups excluding carboxylic acids is 2. The summed E-state index contributed by atoms with van der Waals surface area (Å²) in [6.45, 7) is 2.89. The van der Waals surface area contributed by atoms with Gasteiger partial charge in [-0.3, -0.25) is 9.59 Å². The first-order valence-electron chi connectivity index (χ1n) is 9.96. The van der Waals surface area contributed by atoms with Crippen molar-refractivity contribution >= 4 is 17.5 Å². The van der Waals surface area contributed by atoms with Gasteiger partial charge in [0.05, 0.1) is 6.61 Å². The van der Waals surface area contributed by atoms with Crippen LogP contribution in [0.3, 0.4) is 0 Å². The molecule has 2 rings (SSSR count). The summed E-state index contributed by atoms with van der Waals surface area (Å²) in [5.41, 5.74) is 2.37. The molecular formula is C23H30N2O3. The number of hydrogen-bond acceptors (Lipinski definition) is 3. The van der Waals surface area contributed by atoms with Crippen LogP contribution in [0.2, 0.25) is 0 Å². The summed E-state index contributed by atoms with van der Waals surface area (Å²) in [7, 11) is 1.63. The zero-order chi connectivity index (χ0) is 20.2. The molecule has 0 radical (unpaired) electrons. The van der Waals surface area contributed by atoms with Gasteiger partial charge in [0.25, 0.3) is 5.91 Å². The molecule has 0 aliphatic carbocycles. The van der Waals surface area contributed by atoms with E-state index in [1.165, 1.54) is 19.3 Å². The molecule has 150 valence electrons. The lowest BCUT2D eigenvalue weighted by molar-refractivity contribution is -0.120. The van der Waals surface area contributed by atoms with E-state index in [2.05, 4.69) is 17.6 Å². The summed E-state index contributed by atoms with van der Waals surface area (Å²) in [5.74, 6) is 0.645. The molecule has 0 unspecified atom stereocenters. The van der Waals surface area contributed by atoms with Crippen LogP contribution in [-0.2, 0) is 11.2 Å². The Hall–Kier alpha value is -2.82. The van der Waals surface area contributed by atoms with Gasteiger partial charge < -0.3 is 15.4 Å². The summed E-state index contributed by atoms with van der Waals surface area (Å²) in [5, 5.41) is 5.50. The fourth-order valence-electron chi connectivity index (χ4n) is 2.76. The SMILES string of the molecule is CCCCCCOc1ccc(C(=O)Nc2ccc(CCC(=O)NC)cc2)cc1. The lowest BCUT2D eigenvalue weighted by Crippen LogP contribution is -2.17. The van der Waals surface area contributed by atoms with E-state index >= 15 is 0 Å². The van der Waals surface area contributed by atoms with Crippen molar-refractivity contribution in [2.75, 3.05) is 19.0 Å². The molecular weight excluding hydrogens is 352 g/mol. The van der Waals surface area contributed by atoms with Gasteiger partial charge in [0.1, 0.15) is 5.75 Å². The van der Waals surface area contributed by atoms with E-state index in [4.69, 9.17) is 4.74 Å². The molecule has 0 heterocycles. The molecule has 2 aromatic rings. The second-order valence-electron chi connectivity index (χ2n) is 6.76. The first-order chi connectivity index (χ1) is 13.6. The highest BCUT2D eigenvalue weighted by Gasteiger charge is 2.07. The number of amides is 2. The Morgan fingerprint density at radius 1 is 0.929 bits per heavy atom. The van der Waals surface area contributed by atoms with E-state index < -0.39 is 0 Å². The maximum atomic E-state index is 12.4. The second-order valence-corrected chi connectivity index (χ2v) is 6.76. The van der Waals surface area contributed by atoms with Gasteiger partial charge in [-0.05, 0) is 54.8 Å². The Bertz CT molecular complexity index is 739. The highest BCUT2D eigenvalue weighted by atomic mass is 16.5. The van der Waals surface area contributed by atoms with Crippen molar-refractivity contribution in [2.45, 2.75) is 45.4 Å². The van der Waals surface area contributed by atoms with Crippen LogP contribution in [0.15, 0.2) is 48.5 Å². The van der Waals surface area contributed by atoms with Crippen molar-refractivity contribution in [3.8, 4) is 5.75 Å². The summed E-state index contributed by atoms with van der Waals surface area (Å²) in [6.07, 6.45) is 5.81. The first kappa shape index (κ1) is 21.5. The summed E-state index contributed by atoms with van der Waals surface area (Å²) in [6, 6.07) is 14.8. The molecule has 2 amide bonds. The second kappa shape index (κ2) is 11.8. The predicted molar refractivity (Wildman–Crippen MR) is 113 cm³/mol. The monoisotopic (exact) mass is 382 g/mol. The Kier molecular flexibility index (Phi) is 9.05. The highest BCUT2D eigenvalue weighted by molar-refractivity contribution is 6.04. The lowest BCUT2D eigenvalue weighted by Gasteiger charge is -2.09. The van der Waals surface area contributed by atoms with Crippen LogP contribution < -0.4 is 15.4 Å². The van der Waals surface area contributed by atoms with Crippen LogP contribution in [0.1, 0.15) is 54.9 Å². The van der Waals surface area contributed by atoms with Gasteiger partial charge >= 0.3 is 0 Å². The lowest BCUT2D eigenvalue weighted by atomic mass is 10.1. The molecule has 0 fully saturated rings. The van der Waals surface area contributed by atoms with Crippen molar-refractivity contribution in [3.05, 3.63) is 59.7 Å². The predicted octanol–water partition coefficient (Wildman–Crippen LogP) is 4.58. The fraction of sp³-hybridized carbons (Fsp3) is 0.391. The molecule has 2 N–H and O–H groups in total. The van der Waals surface area contributed by atoms with Crippen molar-refractivity contribution in [3.63, 3.8) is 0 Å². The smallest absolute Gasteiger partial charge is 0.255 e. The Labute approximate surface area is 167 Å². The van der Waals surface area contributed by atoms with E-state index in [9.17, 15) is 9.59 Å². The average molecular weight is 383 g/mol. The number of ether oxygens (including phenoxy) is 1. The van der Waals surface area contributed by atoms with E-state index in [1.54, 1.807) is 19.2 Å². The topological polar surface area (TPSA) is 67.4 Å². The molecule has 2 aromatic carbocycles. The third kappa shape index (κ3) is 7.43. The number of anilines is 1. The van der Waals surface area contributed by atoms with Crippen LogP contribution in [0.4, 0.5) is 5.69 Å². The third-order valence-corrected chi connectivity index (χ3v) is 4.51. The number of aryl methyl sites for hydroxylation is 1. The number of nitrogens with one attached hydrogen (secondary N) is 2. The molecule has 28 heavy (non-hydrogen) atoms. The molecule has 0 saturated carbocycles. The van der Waals surface area contributed by atoms with Crippen LogP contribution in [0.25, 0.3) is 0 Å². The van der Waals surface area contributed by atoms with E-state index in [0.717, 1.165) is 23.4 Å². The van der Waals surface area contributed by atoms with Crippen LogP contribution >= 0.6 is 0 Å². The van der Waals surface area contributed by atoms with Crippen LogP contribution in [0, 0.1) is 0 Å². The van der Waals surface area contributed by atoms with Gasteiger partial charge in [-0.15, -0.1) is 0 Å². The molecule has 0 aliphatic rings. The number of carbonyl (C=O) groups is 2. The molecule has 0 aromatic heterocycles. The minimum absolute atomic E-state index is 0.0192. The number of hydrogen-bond donors (Lipinski definition) is 2. The molecule has 0 bridgehead atoms. The maximum absolute atomic E-state index is 12.4. The normalized spacial score (nSPS) is 10.4. The minimum Gasteiger partial charge on any atom is -0.494 e. The molecule has 0 saturated heterocycles. The molecule has 0 aliphatic heterocycles. The first-order valence-corrected chi connectivity index (χ1v) is 9.96. The molecule has 5 nitrogen and oxygen atoms in total. The van der Waals surface area contributed by atoms with Crippen molar-refractivity contribution in [1.29, 1.82) is 0 Å². The summed E-state index contributed by atoms with van der Waals surface area (Å²) >= 11 is 0. The van der Waals surface area contributed by atoms with Gasteiger partial charge in [-0.1, -0.05) is 38.3 Å². The van der Waals surface area contributed by atoms with Crippen LogP contribution in [0.5, 0.6) is 5.75 Å². The number of benzene rings is 2. The van der Waals surface area contributed by atoms with Crippen molar-refractivity contribution in [2.24, 2.45) is 0 Å². The van der Waals surface area contributed by atoms with Gasteiger partial charge in [-0.25, -0.2) is 0 Å². The van der Waals surface area contributed by atoms with Gasteiger partial charge in [0.2, 0.25) is 5.91 Å². The maximum Gasteiger partial charge on any atom is 0.255 e. The van der Waals surface area contributed by atoms with Gasteiger partial charge in [0, 0.05) is 24.7 Å². The zero-order valence-electron chi connectivity index (χ0n) is 16.8. The third-order valence-electron chi connectivity index (χ3n) is 4.51. The van der Waals surface area contributed by atoms with Crippen molar-refractivity contribution < 1.29 is 14.3 Å². The number of rotatable bonds is 11. The van der Waals surface area contributed by atoms with Gasteiger partial charge in [-0.2, -0.15) is 0 Å². The zero-order valence-corrected chi connectivity index (χ0v) is 16.8. The summed E-state index contributed by atoms with van der Waals surface area (Å²) in [4.78, 5) is 23.7. The van der Waals surface area contributed by atoms with Crippen molar-refractivity contribution in [1.82, 2.24) is 5.32 Å². The Balaban J connectivity index is 1.81. The average Bonchev–Trinajstić information content (AvgIpc) is 2.73. The fourth-order valence-corrected chi connectivity index (χ4v) is 2.76. The van der Waals surface area contributed by atoms with Gasteiger partial charge in [0.15, 0.2) is 0 Å². The largest absolute Gasteiger partial charge is 0.494 e.